The molecule has 0 amide bonds. The van der Waals surface area contributed by atoms with Crippen LogP contribution in [0.25, 0.3) is 0 Å². The van der Waals surface area contributed by atoms with Crippen LogP contribution >= 0.6 is 0 Å². The van der Waals surface area contributed by atoms with E-state index in [1.54, 1.807) is 0 Å². The van der Waals surface area contributed by atoms with Gasteiger partial charge in [0.2, 0.25) is 5.89 Å². The molecule has 1 rings (SSSR count). The quantitative estimate of drug-likeness (QED) is 0.900. The van der Waals surface area contributed by atoms with Crippen LogP contribution in [0.15, 0.2) is 4.52 Å². The second-order valence-corrected chi connectivity index (χ2v) is 5.95. The summed E-state index contributed by atoms with van der Waals surface area (Å²) in [6, 6.07) is -0.143. The molecule has 0 aliphatic heterocycles. The zero-order valence-electron chi connectivity index (χ0n) is 11.4. The van der Waals surface area contributed by atoms with Crippen LogP contribution in [0.3, 0.4) is 0 Å². The number of alkyl halides is 3. The van der Waals surface area contributed by atoms with Crippen molar-refractivity contribution >= 4 is 0 Å². The lowest BCUT2D eigenvalue weighted by atomic mass is 9.87. The van der Waals surface area contributed by atoms with Crippen LogP contribution in [0.4, 0.5) is 13.2 Å². The maximum atomic E-state index is 12.0. The Morgan fingerprint density at radius 1 is 1.26 bits per heavy atom. The van der Waals surface area contributed by atoms with Gasteiger partial charge in [0.1, 0.15) is 0 Å². The number of halogens is 3. The van der Waals surface area contributed by atoms with E-state index in [1.165, 1.54) is 0 Å². The Hall–Kier alpha value is -1.11. The van der Waals surface area contributed by atoms with Crippen LogP contribution in [-0.4, -0.2) is 22.4 Å². The summed E-state index contributed by atoms with van der Waals surface area (Å²) in [6.45, 7) is 6.19. The van der Waals surface area contributed by atoms with Crippen molar-refractivity contribution in [3.63, 3.8) is 0 Å². The van der Waals surface area contributed by atoms with E-state index in [0.29, 0.717) is 12.3 Å². The summed E-state index contributed by atoms with van der Waals surface area (Å²) < 4.78 is 41.0. The van der Waals surface area contributed by atoms with Crippen molar-refractivity contribution in [2.24, 2.45) is 11.1 Å². The third kappa shape index (κ3) is 7.15. The lowest BCUT2D eigenvalue weighted by Crippen LogP contribution is -2.28. The minimum atomic E-state index is -4.20. The highest BCUT2D eigenvalue weighted by Crippen LogP contribution is 2.22. The fourth-order valence-electron chi connectivity index (χ4n) is 1.81. The fraction of sp³-hybridized carbons (Fsp3) is 0.833. The monoisotopic (exact) mass is 279 g/mol. The molecule has 0 aliphatic rings. The molecule has 1 aromatic rings. The first kappa shape index (κ1) is 15.9. The van der Waals surface area contributed by atoms with Gasteiger partial charge in [0.05, 0.1) is 6.42 Å². The Morgan fingerprint density at radius 3 is 2.42 bits per heavy atom. The first-order chi connectivity index (χ1) is 8.55. The van der Waals surface area contributed by atoms with Crippen LogP contribution < -0.4 is 5.73 Å². The molecule has 2 N–H and O–H groups in total. The Kier molecular flexibility index (Phi) is 4.95. The van der Waals surface area contributed by atoms with Gasteiger partial charge in [0.15, 0.2) is 5.82 Å². The van der Waals surface area contributed by atoms with Gasteiger partial charge in [-0.05, 0) is 11.8 Å². The molecule has 0 fully saturated rings. The molecular weight excluding hydrogens is 259 g/mol. The third-order valence-corrected chi connectivity index (χ3v) is 2.45. The van der Waals surface area contributed by atoms with E-state index in [9.17, 15) is 13.2 Å². The smallest absolute Gasteiger partial charge is 0.339 e. The molecule has 19 heavy (non-hydrogen) atoms. The van der Waals surface area contributed by atoms with Gasteiger partial charge in [-0.25, -0.2) is 0 Å². The SMILES string of the molecule is CC(C)(C)CC(N)Cc1nc(CCC(F)(F)F)no1. The van der Waals surface area contributed by atoms with Gasteiger partial charge >= 0.3 is 6.18 Å². The van der Waals surface area contributed by atoms with Crippen LogP contribution in [-0.2, 0) is 12.8 Å². The van der Waals surface area contributed by atoms with Gasteiger partial charge in [-0.2, -0.15) is 18.2 Å². The number of nitrogens with two attached hydrogens (primary N) is 1. The van der Waals surface area contributed by atoms with E-state index in [4.69, 9.17) is 10.3 Å². The largest absolute Gasteiger partial charge is 0.389 e. The number of rotatable bonds is 5. The first-order valence-corrected chi connectivity index (χ1v) is 6.19. The van der Waals surface area contributed by atoms with Crippen LogP contribution in [0, 0.1) is 5.41 Å². The van der Waals surface area contributed by atoms with E-state index < -0.39 is 12.6 Å². The minimum Gasteiger partial charge on any atom is -0.339 e. The zero-order valence-corrected chi connectivity index (χ0v) is 11.4. The molecule has 7 heteroatoms. The highest BCUT2D eigenvalue weighted by atomic mass is 19.4. The molecule has 0 radical (unpaired) electrons. The number of nitrogens with zero attached hydrogens (tertiary/aromatic N) is 2. The van der Waals surface area contributed by atoms with E-state index in [1.807, 2.05) is 0 Å². The molecule has 0 bridgehead atoms. The number of aryl methyl sites for hydroxylation is 1. The zero-order chi connectivity index (χ0) is 14.7. The molecule has 0 saturated carbocycles. The topological polar surface area (TPSA) is 64.9 Å². The van der Waals surface area contributed by atoms with E-state index in [0.717, 1.165) is 6.42 Å². The molecule has 1 heterocycles. The summed E-state index contributed by atoms with van der Waals surface area (Å²) in [7, 11) is 0. The van der Waals surface area contributed by atoms with Crippen molar-refractivity contribution in [3.8, 4) is 0 Å². The van der Waals surface area contributed by atoms with E-state index in [-0.39, 0.29) is 23.7 Å². The summed E-state index contributed by atoms with van der Waals surface area (Å²) in [5.74, 6) is 0.379. The lowest BCUT2D eigenvalue weighted by Gasteiger charge is -2.21. The van der Waals surface area contributed by atoms with Gasteiger partial charge in [-0.15, -0.1) is 0 Å². The molecule has 1 atom stereocenters. The van der Waals surface area contributed by atoms with Gasteiger partial charge < -0.3 is 10.3 Å². The van der Waals surface area contributed by atoms with E-state index >= 15 is 0 Å². The Balaban J connectivity index is 2.46. The maximum Gasteiger partial charge on any atom is 0.389 e. The summed E-state index contributed by atoms with van der Waals surface area (Å²) in [5.41, 5.74) is 6.02. The van der Waals surface area contributed by atoms with Crippen molar-refractivity contribution in [1.82, 2.24) is 10.1 Å². The van der Waals surface area contributed by atoms with Crippen molar-refractivity contribution in [2.45, 2.75) is 58.7 Å². The first-order valence-electron chi connectivity index (χ1n) is 6.19. The van der Waals surface area contributed by atoms with Crippen molar-refractivity contribution < 1.29 is 17.7 Å². The van der Waals surface area contributed by atoms with E-state index in [2.05, 4.69) is 30.9 Å². The Labute approximate surface area is 110 Å². The molecule has 0 saturated heterocycles. The predicted molar refractivity (Wildman–Crippen MR) is 64.4 cm³/mol. The maximum absolute atomic E-state index is 12.0. The van der Waals surface area contributed by atoms with Crippen LogP contribution in [0.5, 0.6) is 0 Å². The molecule has 1 unspecified atom stereocenters. The summed E-state index contributed by atoms with van der Waals surface area (Å²) >= 11 is 0. The van der Waals surface area contributed by atoms with Crippen molar-refractivity contribution in [2.75, 3.05) is 0 Å². The molecule has 0 spiro atoms. The molecular formula is C12H20F3N3O. The third-order valence-electron chi connectivity index (χ3n) is 2.45. The normalized spacial score (nSPS) is 14.7. The fourth-order valence-corrected chi connectivity index (χ4v) is 1.81. The Bertz CT molecular complexity index is 396. The van der Waals surface area contributed by atoms with Gasteiger partial charge in [0, 0.05) is 18.9 Å². The molecule has 0 aliphatic carbocycles. The highest BCUT2D eigenvalue weighted by molar-refractivity contribution is 4.90. The summed E-state index contributed by atoms with van der Waals surface area (Å²) in [5, 5.41) is 3.53. The lowest BCUT2D eigenvalue weighted by molar-refractivity contribution is -0.134. The minimum absolute atomic E-state index is 0.0790. The second-order valence-electron chi connectivity index (χ2n) is 5.95. The molecule has 1 aromatic heterocycles. The molecule has 110 valence electrons. The molecule has 4 nitrogen and oxygen atoms in total. The second kappa shape index (κ2) is 5.90. The highest BCUT2D eigenvalue weighted by Gasteiger charge is 2.27. The van der Waals surface area contributed by atoms with Crippen LogP contribution in [0.1, 0.15) is 45.3 Å². The number of hydrogen-bond donors (Lipinski definition) is 1. The predicted octanol–water partition coefficient (Wildman–Crippen LogP) is 2.87. The van der Waals surface area contributed by atoms with Crippen LogP contribution in [0.2, 0.25) is 0 Å². The number of hydrogen-bond acceptors (Lipinski definition) is 4. The van der Waals surface area contributed by atoms with Crippen molar-refractivity contribution in [3.05, 3.63) is 11.7 Å². The summed E-state index contributed by atoms with van der Waals surface area (Å²) in [6.07, 6.45) is -4.26. The van der Waals surface area contributed by atoms with Crippen molar-refractivity contribution in [1.29, 1.82) is 0 Å². The van der Waals surface area contributed by atoms with Gasteiger partial charge in [-0.3, -0.25) is 0 Å². The standard InChI is InChI=1S/C12H20F3N3O/c1-11(2,3)7-8(16)6-10-17-9(18-19-10)4-5-12(13,14)15/h8H,4-7,16H2,1-3H3. The number of aromatic nitrogens is 2. The van der Waals surface area contributed by atoms with Gasteiger partial charge in [-0.1, -0.05) is 25.9 Å². The van der Waals surface area contributed by atoms with Gasteiger partial charge in [0.25, 0.3) is 0 Å². The molecule has 0 aromatic carbocycles. The summed E-state index contributed by atoms with van der Waals surface area (Å²) in [4.78, 5) is 3.93. The average molecular weight is 279 g/mol. The average Bonchev–Trinajstić information content (AvgIpc) is 2.58. The Morgan fingerprint density at radius 2 is 1.89 bits per heavy atom.